The maximum Gasteiger partial charge on any atom is 0.265 e. The van der Waals surface area contributed by atoms with Crippen molar-refractivity contribution in [3.63, 3.8) is 0 Å². The summed E-state index contributed by atoms with van der Waals surface area (Å²) in [4.78, 5) is 12.1. The van der Waals surface area contributed by atoms with Crippen LogP contribution in [0.25, 0.3) is 0 Å². The molecule has 1 heterocycles. The van der Waals surface area contributed by atoms with Crippen LogP contribution in [0.4, 0.5) is 0 Å². The summed E-state index contributed by atoms with van der Waals surface area (Å²) in [6.45, 7) is 0.886. The number of nitriles is 1. The van der Waals surface area contributed by atoms with Crippen LogP contribution in [0.3, 0.4) is 0 Å². The van der Waals surface area contributed by atoms with E-state index in [2.05, 4.69) is 15.9 Å². The lowest BCUT2D eigenvalue weighted by Crippen LogP contribution is -2.31. The molecule has 1 amide bonds. The van der Waals surface area contributed by atoms with Gasteiger partial charge in [0.15, 0.2) is 0 Å². The first-order chi connectivity index (χ1) is 13.6. The number of sulfonamides is 2. The fourth-order valence-corrected chi connectivity index (χ4v) is 5.81. The van der Waals surface area contributed by atoms with Gasteiger partial charge in [0.25, 0.3) is 15.9 Å². The highest BCUT2D eigenvalue weighted by molar-refractivity contribution is 9.10. The zero-order valence-corrected chi connectivity index (χ0v) is 18.2. The zero-order chi connectivity index (χ0) is 21.2. The number of carbonyl (C=O) groups is 1. The molecule has 0 unspecified atom stereocenters. The number of halogens is 1. The number of hydrogen-bond acceptors (Lipinski definition) is 6. The molecule has 0 spiro atoms. The summed E-state index contributed by atoms with van der Waals surface area (Å²) < 4.78 is 53.7. The van der Waals surface area contributed by atoms with Crippen LogP contribution >= 0.6 is 15.9 Å². The maximum absolute atomic E-state index is 12.5. The Morgan fingerprint density at radius 1 is 1.00 bits per heavy atom. The van der Waals surface area contributed by atoms with Crippen molar-refractivity contribution >= 4 is 41.9 Å². The normalized spacial score (nSPS) is 15.0. The van der Waals surface area contributed by atoms with E-state index >= 15 is 0 Å². The highest BCUT2D eigenvalue weighted by atomic mass is 79.9. The van der Waals surface area contributed by atoms with Crippen molar-refractivity contribution in [3.05, 3.63) is 58.1 Å². The van der Waals surface area contributed by atoms with Gasteiger partial charge < -0.3 is 0 Å². The molecule has 0 aromatic heterocycles. The van der Waals surface area contributed by atoms with Crippen LogP contribution < -0.4 is 4.72 Å². The summed E-state index contributed by atoms with van der Waals surface area (Å²) in [5, 5.41) is 8.91. The highest BCUT2D eigenvalue weighted by Gasteiger charge is 2.28. The summed E-state index contributed by atoms with van der Waals surface area (Å²) >= 11 is 3.14. The van der Waals surface area contributed by atoms with Gasteiger partial charge in [-0.25, -0.2) is 21.6 Å². The van der Waals surface area contributed by atoms with Crippen molar-refractivity contribution in [2.45, 2.75) is 22.6 Å². The third kappa shape index (κ3) is 4.51. The minimum Gasteiger partial charge on any atom is -0.268 e. The van der Waals surface area contributed by atoms with Gasteiger partial charge in [-0.3, -0.25) is 4.79 Å². The van der Waals surface area contributed by atoms with Gasteiger partial charge in [0.1, 0.15) is 6.07 Å². The second-order valence-corrected chi connectivity index (χ2v) is 10.8. The van der Waals surface area contributed by atoms with Gasteiger partial charge in [-0.05, 0) is 71.2 Å². The Balaban J connectivity index is 1.80. The second-order valence-electron chi connectivity index (χ2n) is 6.32. The molecular weight excluding hydrogens is 482 g/mol. The fourth-order valence-electron chi connectivity index (χ4n) is 2.86. The molecule has 11 heteroatoms. The quantitative estimate of drug-likeness (QED) is 0.674. The van der Waals surface area contributed by atoms with Crippen LogP contribution in [-0.4, -0.2) is 40.1 Å². The molecule has 0 saturated carbocycles. The Kier molecular flexibility index (Phi) is 6.09. The van der Waals surface area contributed by atoms with Gasteiger partial charge in [-0.15, -0.1) is 0 Å². The Hall–Kier alpha value is -2.26. The molecular formula is C18H16BrN3O5S2. The summed E-state index contributed by atoms with van der Waals surface area (Å²) in [6, 6.07) is 10.7. The average molecular weight is 498 g/mol. The summed E-state index contributed by atoms with van der Waals surface area (Å²) in [5.74, 6) is -0.871. The minimum atomic E-state index is -4.21. The molecule has 29 heavy (non-hydrogen) atoms. The number of nitrogens with zero attached hydrogens (tertiary/aromatic N) is 2. The van der Waals surface area contributed by atoms with Crippen molar-refractivity contribution in [1.29, 1.82) is 5.26 Å². The number of carbonyl (C=O) groups excluding carboxylic acids is 1. The number of rotatable bonds is 5. The van der Waals surface area contributed by atoms with Crippen LogP contribution in [0.1, 0.15) is 28.8 Å². The molecule has 0 bridgehead atoms. The van der Waals surface area contributed by atoms with Crippen molar-refractivity contribution in [3.8, 4) is 6.07 Å². The van der Waals surface area contributed by atoms with E-state index in [1.54, 1.807) is 0 Å². The van der Waals surface area contributed by atoms with E-state index in [9.17, 15) is 21.6 Å². The smallest absolute Gasteiger partial charge is 0.265 e. The maximum atomic E-state index is 12.5. The van der Waals surface area contributed by atoms with E-state index in [1.807, 2.05) is 10.8 Å². The first-order valence-electron chi connectivity index (χ1n) is 8.52. The van der Waals surface area contributed by atoms with Gasteiger partial charge in [0.05, 0.1) is 15.4 Å². The van der Waals surface area contributed by atoms with E-state index in [1.165, 1.54) is 34.6 Å². The van der Waals surface area contributed by atoms with Crippen LogP contribution in [0.15, 0.2) is 56.7 Å². The largest absolute Gasteiger partial charge is 0.268 e. The van der Waals surface area contributed by atoms with E-state index in [-0.39, 0.29) is 15.4 Å². The molecule has 1 N–H and O–H groups in total. The molecule has 1 aliphatic heterocycles. The first kappa shape index (κ1) is 21.4. The topological polar surface area (TPSA) is 124 Å². The van der Waals surface area contributed by atoms with Crippen LogP contribution in [0.2, 0.25) is 0 Å². The predicted octanol–water partition coefficient (Wildman–Crippen LogP) is 2.22. The fraction of sp³-hybridized carbons (Fsp3) is 0.222. The molecule has 3 rings (SSSR count). The highest BCUT2D eigenvalue weighted by Crippen LogP contribution is 2.22. The monoisotopic (exact) mass is 497 g/mol. The van der Waals surface area contributed by atoms with Gasteiger partial charge in [0.2, 0.25) is 10.0 Å². The van der Waals surface area contributed by atoms with E-state index in [0.717, 1.165) is 25.0 Å². The Bertz CT molecular complexity index is 1200. The lowest BCUT2D eigenvalue weighted by atomic mass is 10.1. The predicted molar refractivity (Wildman–Crippen MR) is 108 cm³/mol. The molecule has 1 fully saturated rings. The van der Waals surface area contributed by atoms with Crippen LogP contribution in [0, 0.1) is 11.3 Å². The minimum absolute atomic E-state index is 0.000648. The van der Waals surface area contributed by atoms with Gasteiger partial charge >= 0.3 is 0 Å². The van der Waals surface area contributed by atoms with Crippen molar-refractivity contribution in [2.24, 2.45) is 0 Å². The van der Waals surface area contributed by atoms with E-state index in [4.69, 9.17) is 5.26 Å². The first-order valence-corrected chi connectivity index (χ1v) is 12.2. The van der Waals surface area contributed by atoms with Crippen molar-refractivity contribution in [1.82, 2.24) is 9.03 Å². The van der Waals surface area contributed by atoms with E-state index < -0.39 is 26.0 Å². The van der Waals surface area contributed by atoms with Crippen LogP contribution in [0.5, 0.6) is 0 Å². The van der Waals surface area contributed by atoms with E-state index in [0.29, 0.717) is 23.1 Å². The SMILES string of the molecule is N#Cc1ccc(C(=O)NS(=O)(=O)c2ccc(S(=O)(=O)N3CCCC3)cc2)cc1Br. The molecule has 0 atom stereocenters. The number of amides is 1. The van der Waals surface area contributed by atoms with Crippen molar-refractivity contribution < 1.29 is 21.6 Å². The molecule has 0 aliphatic carbocycles. The third-order valence-corrected chi connectivity index (χ3v) is 8.33. The number of benzene rings is 2. The molecule has 152 valence electrons. The Morgan fingerprint density at radius 3 is 2.14 bits per heavy atom. The number of nitrogens with one attached hydrogen (secondary N) is 1. The Morgan fingerprint density at radius 2 is 1.59 bits per heavy atom. The molecule has 2 aromatic rings. The van der Waals surface area contributed by atoms with Gasteiger partial charge in [-0.2, -0.15) is 9.57 Å². The lowest BCUT2D eigenvalue weighted by molar-refractivity contribution is 0.0981. The molecule has 8 nitrogen and oxygen atoms in total. The number of hydrogen-bond donors (Lipinski definition) is 1. The van der Waals surface area contributed by atoms with Crippen LogP contribution in [-0.2, 0) is 20.0 Å². The Labute approximate surface area is 177 Å². The molecule has 1 aliphatic rings. The zero-order valence-electron chi connectivity index (χ0n) is 15.0. The standard InChI is InChI=1S/C18H16BrN3O5S2/c19-17-11-13(3-4-14(17)12-20)18(23)21-28(24,25)15-5-7-16(8-6-15)29(26,27)22-9-1-2-10-22/h3-8,11H,1-2,9-10H2,(H,21,23). The summed E-state index contributed by atoms with van der Waals surface area (Å²) in [5.41, 5.74) is 0.354. The lowest BCUT2D eigenvalue weighted by Gasteiger charge is -2.15. The third-order valence-electron chi connectivity index (χ3n) is 4.42. The van der Waals surface area contributed by atoms with Crippen molar-refractivity contribution in [2.75, 3.05) is 13.1 Å². The average Bonchev–Trinajstić information content (AvgIpc) is 3.23. The summed E-state index contributed by atoms with van der Waals surface area (Å²) in [7, 11) is -7.86. The molecule has 2 aromatic carbocycles. The van der Waals surface area contributed by atoms with Gasteiger partial charge in [0, 0.05) is 23.1 Å². The van der Waals surface area contributed by atoms with Gasteiger partial charge in [-0.1, -0.05) is 0 Å². The molecule has 0 radical (unpaired) electrons. The summed E-state index contributed by atoms with van der Waals surface area (Å²) in [6.07, 6.45) is 1.59. The second kappa shape index (κ2) is 8.23. The molecule has 1 saturated heterocycles.